The van der Waals surface area contributed by atoms with E-state index < -0.39 is 0 Å². The number of aryl methyl sites for hydroxylation is 1. The zero-order chi connectivity index (χ0) is 17.5. The molecule has 0 bridgehead atoms. The first-order chi connectivity index (χ1) is 11.5. The Morgan fingerprint density at radius 3 is 2.83 bits per heavy atom. The topological polar surface area (TPSA) is 70.7 Å². The van der Waals surface area contributed by atoms with E-state index in [1.165, 1.54) is 11.8 Å². The second-order valence-corrected chi connectivity index (χ2v) is 7.23. The lowest BCUT2D eigenvalue weighted by molar-refractivity contribution is -0.118. The van der Waals surface area contributed by atoms with E-state index in [2.05, 4.69) is 27.4 Å². The summed E-state index contributed by atoms with van der Waals surface area (Å²) in [6, 6.07) is 5.50. The van der Waals surface area contributed by atoms with Crippen LogP contribution < -0.4 is 5.32 Å². The van der Waals surface area contributed by atoms with E-state index in [4.69, 9.17) is 23.2 Å². The van der Waals surface area contributed by atoms with Crippen LogP contribution >= 0.6 is 35.0 Å². The number of hydrogen-bond donors (Lipinski definition) is 2. The van der Waals surface area contributed by atoms with Gasteiger partial charge in [-0.2, -0.15) is 0 Å². The summed E-state index contributed by atoms with van der Waals surface area (Å²) in [7, 11) is 0. The van der Waals surface area contributed by atoms with E-state index in [0.717, 1.165) is 24.2 Å². The highest BCUT2D eigenvalue weighted by molar-refractivity contribution is 7.99. The van der Waals surface area contributed by atoms with Gasteiger partial charge in [0.1, 0.15) is 5.82 Å². The lowest BCUT2D eigenvalue weighted by atomic mass is 9.94. The first-order valence-electron chi connectivity index (χ1n) is 7.73. The number of amides is 1. The van der Waals surface area contributed by atoms with Gasteiger partial charge in [-0.15, -0.1) is 5.10 Å². The molecule has 0 spiro atoms. The van der Waals surface area contributed by atoms with E-state index in [1.807, 2.05) is 19.1 Å². The van der Waals surface area contributed by atoms with Gasteiger partial charge in [-0.1, -0.05) is 54.4 Å². The summed E-state index contributed by atoms with van der Waals surface area (Å²) in [4.78, 5) is 16.2. The highest BCUT2D eigenvalue weighted by atomic mass is 35.5. The Labute approximate surface area is 155 Å². The van der Waals surface area contributed by atoms with Crippen molar-refractivity contribution in [3.8, 4) is 0 Å². The number of carbonyl (C=O) groups excluding carboxylic acids is 1. The number of hydrogen-bond acceptors (Lipinski definition) is 4. The van der Waals surface area contributed by atoms with E-state index in [1.54, 1.807) is 6.07 Å². The molecule has 1 heterocycles. The Morgan fingerprint density at radius 1 is 1.42 bits per heavy atom. The highest BCUT2D eigenvalue weighted by Crippen LogP contribution is 2.30. The number of aromatic amines is 1. The zero-order valence-corrected chi connectivity index (χ0v) is 15.9. The third-order valence-electron chi connectivity index (χ3n) is 3.49. The fourth-order valence-electron chi connectivity index (χ4n) is 2.35. The second kappa shape index (κ2) is 9.30. The molecule has 2 aromatic rings. The fraction of sp³-hybridized carbons (Fsp3) is 0.438. The average Bonchev–Trinajstić information content (AvgIpc) is 2.95. The van der Waals surface area contributed by atoms with Gasteiger partial charge in [-0.25, -0.2) is 4.98 Å². The molecule has 1 aromatic heterocycles. The van der Waals surface area contributed by atoms with Crippen LogP contribution in [0.2, 0.25) is 10.0 Å². The number of aromatic nitrogens is 3. The van der Waals surface area contributed by atoms with Crippen molar-refractivity contribution in [1.29, 1.82) is 0 Å². The molecule has 5 nitrogen and oxygen atoms in total. The van der Waals surface area contributed by atoms with Crippen molar-refractivity contribution in [2.24, 2.45) is 0 Å². The molecule has 0 saturated heterocycles. The minimum Gasteiger partial charge on any atom is -0.355 e. The quantitative estimate of drug-likeness (QED) is 0.666. The van der Waals surface area contributed by atoms with E-state index in [9.17, 15) is 4.79 Å². The standard InChI is InChI=1S/C16H20Cl2N4OS/c1-3-4-11(13-6-5-12(17)7-14(13)18)8-19-15(23)9-24-16-20-10(2)21-22-16/h5-7,11H,3-4,8-9H2,1-2H3,(H,19,23)(H,20,21,22)/t11-/m0/s1. The molecule has 2 N–H and O–H groups in total. The minimum absolute atomic E-state index is 0.0476. The van der Waals surface area contributed by atoms with Gasteiger partial charge >= 0.3 is 0 Å². The molecule has 130 valence electrons. The van der Waals surface area contributed by atoms with Crippen LogP contribution in [0.5, 0.6) is 0 Å². The third-order valence-corrected chi connectivity index (χ3v) is 4.90. The number of benzene rings is 1. The maximum Gasteiger partial charge on any atom is 0.230 e. The second-order valence-electron chi connectivity index (χ2n) is 5.45. The maximum absolute atomic E-state index is 12.1. The molecule has 0 fully saturated rings. The van der Waals surface area contributed by atoms with Crippen LogP contribution in [0, 0.1) is 6.92 Å². The van der Waals surface area contributed by atoms with Crippen LogP contribution in [0.3, 0.4) is 0 Å². The van der Waals surface area contributed by atoms with Crippen LogP contribution in [-0.4, -0.2) is 33.4 Å². The number of rotatable bonds is 8. The molecule has 2 rings (SSSR count). The summed E-state index contributed by atoms with van der Waals surface area (Å²) >= 11 is 13.6. The predicted molar refractivity (Wildman–Crippen MR) is 99.0 cm³/mol. The SMILES string of the molecule is CCC[C@@H](CNC(=O)CSc1n[nH]c(C)n1)c1ccc(Cl)cc1Cl. The summed E-state index contributed by atoms with van der Waals surface area (Å²) in [6.07, 6.45) is 1.94. The number of H-pyrrole nitrogens is 1. The molecule has 1 atom stereocenters. The van der Waals surface area contributed by atoms with Crippen LogP contribution in [0.15, 0.2) is 23.4 Å². The highest BCUT2D eigenvalue weighted by Gasteiger charge is 2.16. The van der Waals surface area contributed by atoms with Gasteiger partial charge in [0.15, 0.2) is 0 Å². The van der Waals surface area contributed by atoms with Gasteiger partial charge in [0, 0.05) is 22.5 Å². The van der Waals surface area contributed by atoms with Gasteiger partial charge in [-0.3, -0.25) is 9.89 Å². The Balaban J connectivity index is 1.89. The summed E-state index contributed by atoms with van der Waals surface area (Å²) < 4.78 is 0. The average molecular weight is 387 g/mol. The Kier molecular flexibility index (Phi) is 7.40. The molecule has 8 heteroatoms. The molecule has 0 saturated carbocycles. The van der Waals surface area contributed by atoms with Gasteiger partial charge in [0.2, 0.25) is 11.1 Å². The predicted octanol–water partition coefficient (Wildman–Crippen LogP) is 4.21. The van der Waals surface area contributed by atoms with Crippen LogP contribution in [0.4, 0.5) is 0 Å². The van der Waals surface area contributed by atoms with Crippen molar-refractivity contribution < 1.29 is 4.79 Å². The van der Waals surface area contributed by atoms with Gasteiger partial charge in [-0.05, 0) is 31.0 Å². The lowest BCUT2D eigenvalue weighted by Crippen LogP contribution is -2.30. The molecule has 0 aliphatic carbocycles. The largest absolute Gasteiger partial charge is 0.355 e. The Hall–Kier alpha value is -1.24. The number of carbonyl (C=O) groups is 1. The first kappa shape index (κ1) is 19.1. The third kappa shape index (κ3) is 5.69. The van der Waals surface area contributed by atoms with E-state index in [-0.39, 0.29) is 17.6 Å². The lowest BCUT2D eigenvalue weighted by Gasteiger charge is -2.19. The molecule has 1 aromatic carbocycles. The van der Waals surface area contributed by atoms with Crippen LogP contribution in [-0.2, 0) is 4.79 Å². The molecule has 0 aliphatic rings. The molecular formula is C16H20Cl2N4OS. The maximum atomic E-state index is 12.1. The first-order valence-corrected chi connectivity index (χ1v) is 9.47. The molecule has 0 unspecified atom stereocenters. The van der Waals surface area contributed by atoms with Crippen molar-refractivity contribution in [2.75, 3.05) is 12.3 Å². The number of nitrogens with one attached hydrogen (secondary N) is 2. The van der Waals surface area contributed by atoms with Gasteiger partial charge in [0.05, 0.1) is 5.75 Å². The van der Waals surface area contributed by atoms with Crippen molar-refractivity contribution in [3.05, 3.63) is 39.6 Å². The van der Waals surface area contributed by atoms with Gasteiger partial charge < -0.3 is 5.32 Å². The molecule has 1 amide bonds. The normalized spacial score (nSPS) is 12.2. The number of nitrogens with zero attached hydrogens (tertiary/aromatic N) is 2. The summed E-state index contributed by atoms with van der Waals surface area (Å²) in [5.41, 5.74) is 1.01. The van der Waals surface area contributed by atoms with E-state index >= 15 is 0 Å². The zero-order valence-electron chi connectivity index (χ0n) is 13.6. The molecule has 24 heavy (non-hydrogen) atoms. The number of thioether (sulfide) groups is 1. The van der Waals surface area contributed by atoms with Crippen molar-refractivity contribution in [3.63, 3.8) is 0 Å². The van der Waals surface area contributed by atoms with E-state index in [0.29, 0.717) is 21.7 Å². The van der Waals surface area contributed by atoms with Crippen molar-refractivity contribution >= 4 is 40.9 Å². The van der Waals surface area contributed by atoms with Crippen LogP contribution in [0.1, 0.15) is 37.1 Å². The summed E-state index contributed by atoms with van der Waals surface area (Å²) in [6.45, 7) is 4.48. The van der Waals surface area contributed by atoms with Crippen molar-refractivity contribution in [1.82, 2.24) is 20.5 Å². The Bertz CT molecular complexity index is 692. The monoisotopic (exact) mass is 386 g/mol. The summed E-state index contributed by atoms with van der Waals surface area (Å²) in [5, 5.41) is 11.5. The smallest absolute Gasteiger partial charge is 0.230 e. The van der Waals surface area contributed by atoms with Crippen molar-refractivity contribution in [2.45, 2.75) is 37.8 Å². The minimum atomic E-state index is -0.0476. The Morgan fingerprint density at radius 2 is 2.21 bits per heavy atom. The molecule has 0 radical (unpaired) electrons. The van der Waals surface area contributed by atoms with Crippen LogP contribution in [0.25, 0.3) is 0 Å². The molecular weight excluding hydrogens is 367 g/mol. The fourth-order valence-corrected chi connectivity index (χ4v) is 3.59. The summed E-state index contributed by atoms with van der Waals surface area (Å²) in [5.74, 6) is 1.14. The van der Waals surface area contributed by atoms with Gasteiger partial charge in [0.25, 0.3) is 0 Å². The number of halogens is 2. The molecule has 0 aliphatic heterocycles.